The molecule has 0 bridgehead atoms. The highest BCUT2D eigenvalue weighted by molar-refractivity contribution is 7.80. The average molecular weight is 282 g/mol. The quantitative estimate of drug-likeness (QED) is 0.693. The molecule has 19 heavy (non-hydrogen) atoms. The summed E-state index contributed by atoms with van der Waals surface area (Å²) < 4.78 is 13.5. The van der Waals surface area contributed by atoms with Crippen LogP contribution in [0.15, 0.2) is 24.3 Å². The highest BCUT2D eigenvalue weighted by Crippen LogP contribution is 2.06. The summed E-state index contributed by atoms with van der Waals surface area (Å²) in [6, 6.07) is 5.88. The SMILES string of the molecule is C[NH+]1CCN(C(=S)NC(=O)c2ccccc2F)CC1. The fourth-order valence-electron chi connectivity index (χ4n) is 1.98. The van der Waals surface area contributed by atoms with E-state index in [4.69, 9.17) is 12.2 Å². The first-order valence-corrected chi connectivity index (χ1v) is 6.65. The van der Waals surface area contributed by atoms with Crippen LogP contribution in [0.4, 0.5) is 4.39 Å². The minimum Gasteiger partial charge on any atom is -0.338 e. The van der Waals surface area contributed by atoms with E-state index in [-0.39, 0.29) is 5.56 Å². The Morgan fingerprint density at radius 3 is 2.63 bits per heavy atom. The lowest BCUT2D eigenvalue weighted by atomic mass is 10.2. The van der Waals surface area contributed by atoms with E-state index < -0.39 is 11.7 Å². The second-order valence-electron chi connectivity index (χ2n) is 4.68. The third kappa shape index (κ3) is 3.48. The number of halogens is 1. The van der Waals surface area contributed by atoms with Crippen LogP contribution in [0.3, 0.4) is 0 Å². The molecule has 0 spiro atoms. The predicted molar refractivity (Wildman–Crippen MR) is 74.7 cm³/mol. The summed E-state index contributed by atoms with van der Waals surface area (Å²) in [4.78, 5) is 15.3. The van der Waals surface area contributed by atoms with Gasteiger partial charge in [0.2, 0.25) is 0 Å². The van der Waals surface area contributed by atoms with Gasteiger partial charge in [0.15, 0.2) is 5.11 Å². The summed E-state index contributed by atoms with van der Waals surface area (Å²) in [5.74, 6) is -1.03. The molecule has 6 heteroatoms. The Kier molecular flexibility index (Phi) is 4.44. The number of nitrogens with one attached hydrogen (secondary N) is 2. The molecule has 1 amide bonds. The highest BCUT2D eigenvalue weighted by Gasteiger charge is 2.21. The first kappa shape index (κ1) is 13.9. The number of carbonyl (C=O) groups excluding carboxylic acids is 1. The van der Waals surface area contributed by atoms with Gasteiger partial charge in [0, 0.05) is 0 Å². The van der Waals surface area contributed by atoms with Crippen molar-refractivity contribution in [1.29, 1.82) is 0 Å². The van der Waals surface area contributed by atoms with E-state index in [1.54, 1.807) is 12.1 Å². The maximum atomic E-state index is 13.5. The predicted octanol–water partition coefficient (Wildman–Crippen LogP) is -0.329. The molecular formula is C13H17FN3OS+. The van der Waals surface area contributed by atoms with Crippen LogP contribution in [-0.4, -0.2) is 49.1 Å². The first-order valence-electron chi connectivity index (χ1n) is 6.24. The lowest BCUT2D eigenvalue weighted by Crippen LogP contribution is -3.12. The molecule has 2 rings (SSSR count). The van der Waals surface area contributed by atoms with Gasteiger partial charge in [-0.25, -0.2) is 4.39 Å². The van der Waals surface area contributed by atoms with E-state index >= 15 is 0 Å². The normalized spacial score (nSPS) is 16.2. The van der Waals surface area contributed by atoms with Crippen LogP contribution in [0, 0.1) is 5.82 Å². The number of hydrogen-bond acceptors (Lipinski definition) is 2. The topological polar surface area (TPSA) is 36.8 Å². The van der Waals surface area contributed by atoms with Crippen molar-refractivity contribution in [2.45, 2.75) is 0 Å². The molecular weight excluding hydrogens is 265 g/mol. The smallest absolute Gasteiger partial charge is 0.260 e. The molecule has 1 aliphatic rings. The third-order valence-corrected chi connectivity index (χ3v) is 3.60. The van der Waals surface area contributed by atoms with Gasteiger partial charge >= 0.3 is 0 Å². The standard InChI is InChI=1S/C13H16FN3OS/c1-16-6-8-17(9-7-16)13(19)15-12(18)10-4-2-3-5-11(10)14/h2-5H,6-9H2,1H3,(H,15,18,19)/p+1. The number of benzene rings is 1. The number of carbonyl (C=O) groups is 1. The van der Waals surface area contributed by atoms with E-state index in [0.29, 0.717) is 5.11 Å². The van der Waals surface area contributed by atoms with Crippen molar-refractivity contribution in [3.05, 3.63) is 35.6 Å². The molecule has 1 fully saturated rings. The van der Waals surface area contributed by atoms with Crippen molar-refractivity contribution in [2.24, 2.45) is 0 Å². The Labute approximate surface area is 117 Å². The number of amides is 1. The summed E-state index contributed by atoms with van der Waals surface area (Å²) in [6.45, 7) is 3.58. The second-order valence-corrected chi connectivity index (χ2v) is 5.07. The molecule has 102 valence electrons. The van der Waals surface area contributed by atoms with Crippen molar-refractivity contribution < 1.29 is 14.1 Å². The summed E-state index contributed by atoms with van der Waals surface area (Å²) in [7, 11) is 2.12. The van der Waals surface area contributed by atoms with Gasteiger partial charge in [0.25, 0.3) is 5.91 Å². The average Bonchev–Trinajstić information content (AvgIpc) is 2.39. The molecule has 0 radical (unpaired) electrons. The lowest BCUT2D eigenvalue weighted by Gasteiger charge is -2.31. The maximum absolute atomic E-state index is 13.5. The highest BCUT2D eigenvalue weighted by atomic mass is 32.1. The van der Waals surface area contributed by atoms with Crippen LogP contribution in [0.2, 0.25) is 0 Å². The lowest BCUT2D eigenvalue weighted by molar-refractivity contribution is -0.883. The number of likely N-dealkylation sites (N-methyl/N-ethyl adjacent to an activating group) is 1. The minimum absolute atomic E-state index is 0.0182. The first-order chi connectivity index (χ1) is 9.08. The number of thiocarbonyl (C=S) groups is 1. The van der Waals surface area contributed by atoms with E-state index in [2.05, 4.69) is 12.4 Å². The summed E-state index contributed by atoms with van der Waals surface area (Å²) in [5, 5.41) is 2.97. The zero-order valence-corrected chi connectivity index (χ0v) is 11.6. The van der Waals surface area contributed by atoms with Crippen molar-refractivity contribution in [1.82, 2.24) is 10.2 Å². The monoisotopic (exact) mass is 282 g/mol. The van der Waals surface area contributed by atoms with Crippen LogP contribution >= 0.6 is 12.2 Å². The molecule has 2 N–H and O–H groups in total. The summed E-state index contributed by atoms with van der Waals surface area (Å²) in [6.07, 6.45) is 0. The Morgan fingerprint density at radius 1 is 1.37 bits per heavy atom. The number of rotatable bonds is 1. The molecule has 1 heterocycles. The van der Waals surface area contributed by atoms with E-state index in [1.807, 2.05) is 4.90 Å². The van der Waals surface area contributed by atoms with Crippen LogP contribution < -0.4 is 10.2 Å². The van der Waals surface area contributed by atoms with Gasteiger partial charge in [-0.1, -0.05) is 12.1 Å². The van der Waals surface area contributed by atoms with Crippen LogP contribution in [0.25, 0.3) is 0 Å². The van der Waals surface area contributed by atoms with Crippen molar-refractivity contribution >= 4 is 23.2 Å². The van der Waals surface area contributed by atoms with E-state index in [0.717, 1.165) is 26.2 Å². The largest absolute Gasteiger partial charge is 0.338 e. The number of nitrogens with zero attached hydrogens (tertiary/aromatic N) is 1. The Balaban J connectivity index is 1.96. The third-order valence-electron chi connectivity index (χ3n) is 3.24. The minimum atomic E-state index is -0.536. The number of piperazine rings is 1. The van der Waals surface area contributed by atoms with Gasteiger partial charge in [-0.3, -0.25) is 10.1 Å². The molecule has 4 nitrogen and oxygen atoms in total. The zero-order chi connectivity index (χ0) is 13.8. The zero-order valence-electron chi connectivity index (χ0n) is 10.8. The molecule has 0 aromatic heterocycles. The maximum Gasteiger partial charge on any atom is 0.260 e. The number of hydrogen-bond donors (Lipinski definition) is 2. The molecule has 1 aromatic rings. The second kappa shape index (κ2) is 6.08. The molecule has 1 aromatic carbocycles. The Hall–Kier alpha value is -1.53. The van der Waals surface area contributed by atoms with Gasteiger partial charge < -0.3 is 9.80 Å². The van der Waals surface area contributed by atoms with E-state index in [1.165, 1.54) is 17.0 Å². The van der Waals surface area contributed by atoms with Crippen LogP contribution in [-0.2, 0) is 0 Å². The Bertz CT molecular complexity index is 487. The number of quaternary nitrogens is 1. The van der Waals surface area contributed by atoms with E-state index in [9.17, 15) is 9.18 Å². The van der Waals surface area contributed by atoms with Gasteiger partial charge in [-0.05, 0) is 24.4 Å². The van der Waals surface area contributed by atoms with Crippen molar-refractivity contribution in [2.75, 3.05) is 33.2 Å². The Morgan fingerprint density at radius 2 is 2.00 bits per heavy atom. The van der Waals surface area contributed by atoms with Crippen molar-refractivity contribution in [3.63, 3.8) is 0 Å². The van der Waals surface area contributed by atoms with Gasteiger partial charge in [0.1, 0.15) is 5.82 Å². The van der Waals surface area contributed by atoms with Crippen LogP contribution in [0.5, 0.6) is 0 Å². The van der Waals surface area contributed by atoms with Gasteiger partial charge in [0.05, 0.1) is 38.8 Å². The van der Waals surface area contributed by atoms with Crippen molar-refractivity contribution in [3.8, 4) is 0 Å². The molecule has 0 unspecified atom stereocenters. The fraction of sp³-hybridized carbons (Fsp3) is 0.385. The molecule has 0 saturated carbocycles. The summed E-state index contributed by atoms with van der Waals surface area (Å²) in [5.41, 5.74) is 0.0182. The van der Waals surface area contributed by atoms with Crippen LogP contribution in [0.1, 0.15) is 10.4 Å². The fourth-order valence-corrected chi connectivity index (χ4v) is 2.26. The molecule has 0 atom stereocenters. The van der Waals surface area contributed by atoms with Gasteiger partial charge in [-0.2, -0.15) is 0 Å². The molecule has 1 aliphatic heterocycles. The molecule has 0 aliphatic carbocycles. The summed E-state index contributed by atoms with van der Waals surface area (Å²) >= 11 is 5.19. The van der Waals surface area contributed by atoms with Gasteiger partial charge in [-0.15, -0.1) is 0 Å². The molecule has 1 saturated heterocycles.